The van der Waals surface area contributed by atoms with Crippen LogP contribution < -0.4 is 5.32 Å². The maximum atomic E-state index is 4.79. The highest BCUT2D eigenvalue weighted by Gasteiger charge is 2.24. The Morgan fingerprint density at radius 1 is 1.03 bits per heavy atom. The monoisotopic (exact) mass is 428 g/mol. The molecule has 2 nitrogen and oxygen atoms in total. The summed E-state index contributed by atoms with van der Waals surface area (Å²) in [5.41, 5.74) is 5.26. The molecule has 150 valence electrons. The van der Waals surface area contributed by atoms with E-state index < -0.39 is 0 Å². The van der Waals surface area contributed by atoms with E-state index in [1.165, 1.54) is 31.5 Å². The molecule has 0 spiro atoms. The molecule has 2 heterocycles. The molecule has 1 aliphatic heterocycles. The molecule has 4 heteroatoms. The van der Waals surface area contributed by atoms with Gasteiger partial charge in [0.15, 0.2) is 0 Å². The number of hydrogen-bond donors (Lipinski definition) is 1. The number of thiazole rings is 1. The van der Waals surface area contributed by atoms with Crippen LogP contribution >= 0.6 is 23.1 Å². The molecule has 3 aromatic rings. The highest BCUT2D eigenvalue weighted by molar-refractivity contribution is 8.03. The fourth-order valence-electron chi connectivity index (χ4n) is 4.09. The van der Waals surface area contributed by atoms with Gasteiger partial charge in [-0.3, -0.25) is 0 Å². The third-order valence-corrected chi connectivity index (χ3v) is 7.30. The second-order valence-corrected chi connectivity index (χ2v) is 10.7. The van der Waals surface area contributed by atoms with Gasteiger partial charge in [0, 0.05) is 4.90 Å². The highest BCUT2D eigenvalue weighted by atomic mass is 32.2. The topological polar surface area (TPSA) is 24.9 Å². The average molecular weight is 429 g/mol. The van der Waals surface area contributed by atoms with Crippen molar-refractivity contribution in [3.63, 3.8) is 0 Å². The molecular formula is C26H24N2S2. The summed E-state index contributed by atoms with van der Waals surface area (Å²) in [7, 11) is 0. The van der Waals surface area contributed by atoms with E-state index in [4.69, 9.17) is 4.98 Å². The van der Waals surface area contributed by atoms with Crippen molar-refractivity contribution >= 4 is 45.1 Å². The van der Waals surface area contributed by atoms with Crippen LogP contribution in [0.15, 0.2) is 93.9 Å². The highest BCUT2D eigenvalue weighted by Crippen LogP contribution is 2.41. The number of anilines is 1. The summed E-state index contributed by atoms with van der Waals surface area (Å²) in [6.45, 7) is 4.70. The van der Waals surface area contributed by atoms with Gasteiger partial charge in [-0.15, -0.1) is 11.3 Å². The Kier molecular flexibility index (Phi) is 5.13. The van der Waals surface area contributed by atoms with Gasteiger partial charge in [-0.05, 0) is 65.8 Å². The SMILES string of the molecule is CC1(C)CC(C=CC=C2Nc3ccccc3S2)=C/C(=C/c2nc3ccccc3s2)C1. The molecule has 0 bridgehead atoms. The maximum absolute atomic E-state index is 4.79. The zero-order valence-electron chi connectivity index (χ0n) is 17.2. The summed E-state index contributed by atoms with van der Waals surface area (Å²) >= 11 is 3.55. The van der Waals surface area contributed by atoms with Gasteiger partial charge in [0.2, 0.25) is 0 Å². The number of nitrogens with one attached hydrogen (secondary N) is 1. The Bertz CT molecular complexity index is 1160. The molecule has 0 saturated heterocycles. The number of thioether (sulfide) groups is 1. The normalized spacial score (nSPS) is 20.7. The van der Waals surface area contributed by atoms with Gasteiger partial charge in [0.25, 0.3) is 0 Å². The van der Waals surface area contributed by atoms with Gasteiger partial charge in [-0.2, -0.15) is 0 Å². The Morgan fingerprint density at radius 3 is 2.73 bits per heavy atom. The Morgan fingerprint density at radius 2 is 1.87 bits per heavy atom. The van der Waals surface area contributed by atoms with E-state index in [9.17, 15) is 0 Å². The van der Waals surface area contributed by atoms with E-state index in [1.807, 2.05) is 0 Å². The average Bonchev–Trinajstić information content (AvgIpc) is 3.29. The molecule has 0 saturated carbocycles. The van der Waals surface area contributed by atoms with Crippen LogP contribution in [0.5, 0.6) is 0 Å². The minimum atomic E-state index is 0.251. The van der Waals surface area contributed by atoms with Gasteiger partial charge in [0.1, 0.15) is 5.01 Å². The smallest absolute Gasteiger partial charge is 0.117 e. The second kappa shape index (κ2) is 7.93. The summed E-state index contributed by atoms with van der Waals surface area (Å²) in [6, 6.07) is 16.8. The van der Waals surface area contributed by atoms with Crippen LogP contribution in [0.25, 0.3) is 16.3 Å². The number of nitrogens with zero attached hydrogens (tertiary/aromatic N) is 1. The van der Waals surface area contributed by atoms with Gasteiger partial charge in [-0.1, -0.05) is 68.1 Å². The standard InChI is InChI=1S/C26H24N2S2/c1-26(2)16-18(8-7-13-24-27-20-9-3-5-11-22(20)29-24)14-19(17-26)15-25-28-21-10-4-6-12-23(21)30-25/h3-15,27H,16-17H2,1-2H3/b8-7?,19-15-,24-13?. The first-order chi connectivity index (χ1) is 14.5. The van der Waals surface area contributed by atoms with Crippen molar-refractivity contribution in [2.45, 2.75) is 31.6 Å². The first-order valence-corrected chi connectivity index (χ1v) is 11.9. The lowest BCUT2D eigenvalue weighted by Gasteiger charge is -2.30. The van der Waals surface area contributed by atoms with Crippen molar-refractivity contribution in [2.75, 3.05) is 5.32 Å². The first-order valence-electron chi connectivity index (χ1n) is 10.2. The number of aromatic nitrogens is 1. The summed E-state index contributed by atoms with van der Waals surface area (Å²) < 4.78 is 1.25. The first kappa shape index (κ1) is 19.4. The van der Waals surface area contributed by atoms with Crippen molar-refractivity contribution in [3.05, 3.63) is 94.0 Å². The molecular weight excluding hydrogens is 404 g/mol. The minimum absolute atomic E-state index is 0.251. The minimum Gasteiger partial charge on any atom is -0.349 e. The third-order valence-electron chi connectivity index (χ3n) is 5.28. The molecule has 0 atom stereocenters. The van der Waals surface area contributed by atoms with Crippen LogP contribution in [0.4, 0.5) is 5.69 Å². The van der Waals surface area contributed by atoms with E-state index in [0.29, 0.717) is 0 Å². The lowest BCUT2D eigenvalue weighted by molar-refractivity contribution is 0.356. The number of fused-ring (bicyclic) bond motifs is 2. The number of rotatable bonds is 3. The molecule has 2 aromatic carbocycles. The van der Waals surface area contributed by atoms with Gasteiger partial charge >= 0.3 is 0 Å². The molecule has 0 fully saturated rings. The zero-order chi connectivity index (χ0) is 20.6. The van der Waals surface area contributed by atoms with Crippen LogP contribution in [0, 0.1) is 5.41 Å². The molecule has 5 rings (SSSR count). The molecule has 0 radical (unpaired) electrons. The van der Waals surface area contributed by atoms with Crippen LogP contribution in [0.3, 0.4) is 0 Å². The van der Waals surface area contributed by atoms with Crippen LogP contribution in [0.2, 0.25) is 0 Å². The number of para-hydroxylation sites is 2. The largest absolute Gasteiger partial charge is 0.349 e. The second-order valence-electron chi connectivity index (χ2n) is 8.59. The fraction of sp³-hybridized carbons (Fsp3) is 0.192. The molecule has 0 unspecified atom stereocenters. The predicted molar refractivity (Wildman–Crippen MR) is 132 cm³/mol. The summed E-state index contributed by atoms with van der Waals surface area (Å²) in [6.07, 6.45) is 13.4. The van der Waals surface area contributed by atoms with E-state index in [1.54, 1.807) is 23.1 Å². The number of benzene rings is 2. The summed E-state index contributed by atoms with van der Waals surface area (Å²) in [5.74, 6) is 0. The lowest BCUT2D eigenvalue weighted by Crippen LogP contribution is -2.16. The lowest BCUT2D eigenvalue weighted by atomic mass is 9.75. The van der Waals surface area contributed by atoms with Crippen LogP contribution in [0.1, 0.15) is 31.7 Å². The molecule has 1 aliphatic carbocycles. The molecule has 2 aliphatic rings. The molecule has 0 amide bonds. The van der Waals surface area contributed by atoms with E-state index in [-0.39, 0.29) is 5.41 Å². The van der Waals surface area contributed by atoms with Crippen LogP contribution in [-0.2, 0) is 0 Å². The summed E-state index contributed by atoms with van der Waals surface area (Å²) in [4.78, 5) is 6.08. The third kappa shape index (κ3) is 4.30. The van der Waals surface area contributed by atoms with E-state index >= 15 is 0 Å². The van der Waals surface area contributed by atoms with Crippen molar-refractivity contribution in [3.8, 4) is 0 Å². The number of hydrogen-bond acceptors (Lipinski definition) is 4. The maximum Gasteiger partial charge on any atom is 0.117 e. The molecule has 1 N–H and O–H groups in total. The van der Waals surface area contributed by atoms with E-state index in [2.05, 4.69) is 98.1 Å². The van der Waals surface area contributed by atoms with Gasteiger partial charge in [0.05, 0.1) is 20.9 Å². The Balaban J connectivity index is 1.37. The van der Waals surface area contributed by atoms with Crippen molar-refractivity contribution in [1.82, 2.24) is 4.98 Å². The quantitative estimate of drug-likeness (QED) is 0.457. The van der Waals surface area contributed by atoms with Crippen molar-refractivity contribution in [2.24, 2.45) is 5.41 Å². The Hall–Kier alpha value is -2.56. The van der Waals surface area contributed by atoms with Crippen LogP contribution in [-0.4, -0.2) is 4.98 Å². The van der Waals surface area contributed by atoms with Gasteiger partial charge in [-0.25, -0.2) is 4.98 Å². The molecule has 1 aromatic heterocycles. The summed E-state index contributed by atoms with van der Waals surface area (Å²) in [5, 5.41) is 5.74. The zero-order valence-corrected chi connectivity index (χ0v) is 18.8. The Labute approximate surface area is 186 Å². The molecule has 30 heavy (non-hydrogen) atoms. The van der Waals surface area contributed by atoms with E-state index in [0.717, 1.165) is 23.4 Å². The van der Waals surface area contributed by atoms with Crippen molar-refractivity contribution < 1.29 is 0 Å². The predicted octanol–water partition coefficient (Wildman–Crippen LogP) is 8.04. The fourth-order valence-corrected chi connectivity index (χ4v) is 5.95. The number of allylic oxidation sites excluding steroid dienone is 6. The van der Waals surface area contributed by atoms with Gasteiger partial charge < -0.3 is 5.32 Å². The van der Waals surface area contributed by atoms with Crippen molar-refractivity contribution in [1.29, 1.82) is 0 Å².